The summed E-state index contributed by atoms with van der Waals surface area (Å²) < 4.78 is 34.1. The topological polar surface area (TPSA) is 138 Å². The summed E-state index contributed by atoms with van der Waals surface area (Å²) >= 11 is 0. The number of carbonyl (C=O) groups is 1. The van der Waals surface area contributed by atoms with E-state index in [4.69, 9.17) is 22.6 Å². The zero-order valence-corrected chi connectivity index (χ0v) is 24.8. The fourth-order valence-corrected chi connectivity index (χ4v) is 2.36. The Kier molecular flexibility index (Phi) is 36.7. The Morgan fingerprint density at radius 3 is 1.96 bits per heavy atom. The summed E-state index contributed by atoms with van der Waals surface area (Å²) in [5, 5.41) is 18.3. The second kappa shape index (κ2) is 27.3. The molecule has 0 heterocycles. The molecular formula is C18H34K2O7S. The van der Waals surface area contributed by atoms with Gasteiger partial charge in [0.2, 0.25) is 0 Å². The maximum atomic E-state index is 10.3. The van der Waals surface area contributed by atoms with Gasteiger partial charge in [0.15, 0.2) is 0 Å². The minimum Gasteiger partial charge on any atom is -0.759 e. The van der Waals surface area contributed by atoms with Gasteiger partial charge in [0.25, 0.3) is 0 Å². The van der Waals surface area contributed by atoms with Gasteiger partial charge in [-0.25, -0.2) is 0 Å². The molecule has 0 fully saturated rings. The second-order valence-corrected chi connectivity index (χ2v) is 7.14. The third kappa shape index (κ3) is 46.5. The Hall–Kier alpha value is 2.31. The summed E-state index contributed by atoms with van der Waals surface area (Å²) in [4.78, 5) is 10.3. The molecule has 1 atom stereocenters. The molecule has 0 radical (unpaired) electrons. The SMILES string of the molecule is CCCCCCC(O)C/C=C\CCCCCCCC(=O)O.O=S(=O)([O-])[O-].[K+].[K+]. The second-order valence-electron chi connectivity index (χ2n) is 6.32. The molecule has 0 aliphatic heterocycles. The Bertz CT molecular complexity index is 449. The molecule has 1 unspecified atom stereocenters. The van der Waals surface area contributed by atoms with Gasteiger partial charge in [-0.2, -0.15) is 0 Å². The van der Waals surface area contributed by atoms with Crippen molar-refractivity contribution in [2.75, 3.05) is 0 Å². The van der Waals surface area contributed by atoms with Gasteiger partial charge < -0.3 is 19.3 Å². The van der Waals surface area contributed by atoms with E-state index in [0.29, 0.717) is 6.42 Å². The average molecular weight is 473 g/mol. The van der Waals surface area contributed by atoms with Crippen molar-refractivity contribution in [2.45, 2.75) is 96.5 Å². The van der Waals surface area contributed by atoms with Gasteiger partial charge in [0.1, 0.15) is 0 Å². The Labute approximate surface area is 255 Å². The maximum Gasteiger partial charge on any atom is 1.00 e. The smallest absolute Gasteiger partial charge is 0.759 e. The number of carboxylic acid groups (broad SMARTS) is 1. The number of aliphatic hydroxyl groups is 1. The van der Waals surface area contributed by atoms with Crippen molar-refractivity contribution in [1.82, 2.24) is 0 Å². The van der Waals surface area contributed by atoms with Crippen LogP contribution in [0.1, 0.15) is 90.4 Å². The summed E-state index contributed by atoms with van der Waals surface area (Å²) in [7, 11) is -5.17. The molecule has 0 aliphatic rings. The first kappa shape index (κ1) is 37.6. The molecule has 0 saturated heterocycles. The quantitative estimate of drug-likeness (QED) is 0.0902. The summed E-state index contributed by atoms with van der Waals surface area (Å²) in [6.07, 6.45) is 17.4. The molecule has 7 nitrogen and oxygen atoms in total. The number of rotatable bonds is 15. The van der Waals surface area contributed by atoms with Crippen LogP contribution in [-0.2, 0) is 15.2 Å². The van der Waals surface area contributed by atoms with Crippen LogP contribution in [0.2, 0.25) is 0 Å². The maximum absolute atomic E-state index is 10.3. The summed E-state index contributed by atoms with van der Waals surface area (Å²) in [5.74, 6) is -0.689. The number of aliphatic carboxylic acids is 1. The van der Waals surface area contributed by atoms with Crippen molar-refractivity contribution < 1.29 is 135 Å². The van der Waals surface area contributed by atoms with Crippen molar-refractivity contribution >= 4 is 16.4 Å². The summed E-state index contributed by atoms with van der Waals surface area (Å²) in [5.41, 5.74) is 0. The van der Waals surface area contributed by atoms with Crippen LogP contribution in [0.3, 0.4) is 0 Å². The van der Waals surface area contributed by atoms with E-state index in [1.54, 1.807) is 0 Å². The largest absolute Gasteiger partial charge is 1.00 e. The Balaban J connectivity index is -0.000000364. The molecule has 0 aliphatic carbocycles. The number of carboxylic acids is 1. The number of hydrogen-bond donors (Lipinski definition) is 2. The van der Waals surface area contributed by atoms with Crippen LogP contribution in [0.25, 0.3) is 0 Å². The van der Waals surface area contributed by atoms with Crippen LogP contribution in [0, 0.1) is 0 Å². The fourth-order valence-electron chi connectivity index (χ4n) is 2.36. The van der Waals surface area contributed by atoms with E-state index in [2.05, 4.69) is 19.1 Å². The van der Waals surface area contributed by atoms with E-state index in [1.807, 2.05) is 0 Å². The van der Waals surface area contributed by atoms with E-state index >= 15 is 0 Å². The number of allylic oxidation sites excluding steroid dienone is 1. The minimum atomic E-state index is -5.17. The molecule has 0 aromatic carbocycles. The van der Waals surface area contributed by atoms with Crippen molar-refractivity contribution in [1.29, 1.82) is 0 Å². The zero-order valence-electron chi connectivity index (χ0n) is 17.8. The van der Waals surface area contributed by atoms with Crippen molar-refractivity contribution in [3.8, 4) is 0 Å². The molecule has 10 heteroatoms. The Morgan fingerprint density at radius 1 is 0.929 bits per heavy atom. The van der Waals surface area contributed by atoms with Gasteiger partial charge in [-0.3, -0.25) is 13.2 Å². The van der Waals surface area contributed by atoms with E-state index in [1.165, 1.54) is 25.7 Å². The molecule has 0 spiro atoms. The van der Waals surface area contributed by atoms with E-state index < -0.39 is 16.4 Å². The van der Waals surface area contributed by atoms with Crippen molar-refractivity contribution in [3.05, 3.63) is 12.2 Å². The number of unbranched alkanes of at least 4 members (excludes halogenated alkanes) is 8. The third-order valence-electron chi connectivity index (χ3n) is 3.73. The van der Waals surface area contributed by atoms with Crippen LogP contribution in [0.15, 0.2) is 12.2 Å². The monoisotopic (exact) mass is 472 g/mol. The molecule has 28 heavy (non-hydrogen) atoms. The van der Waals surface area contributed by atoms with E-state index in [-0.39, 0.29) is 109 Å². The first-order valence-electron chi connectivity index (χ1n) is 9.38. The van der Waals surface area contributed by atoms with Crippen LogP contribution in [0.5, 0.6) is 0 Å². The molecule has 156 valence electrons. The van der Waals surface area contributed by atoms with E-state index in [0.717, 1.165) is 51.4 Å². The Morgan fingerprint density at radius 2 is 1.43 bits per heavy atom. The van der Waals surface area contributed by atoms with Crippen molar-refractivity contribution in [3.63, 3.8) is 0 Å². The van der Waals surface area contributed by atoms with Crippen LogP contribution in [0.4, 0.5) is 0 Å². The minimum absolute atomic E-state index is 0. The zero-order chi connectivity index (χ0) is 20.3. The predicted molar refractivity (Wildman–Crippen MR) is 99.0 cm³/mol. The van der Waals surface area contributed by atoms with Crippen LogP contribution < -0.4 is 103 Å². The van der Waals surface area contributed by atoms with Crippen LogP contribution >= 0.6 is 0 Å². The first-order chi connectivity index (χ1) is 12.2. The van der Waals surface area contributed by atoms with Gasteiger partial charge in [-0.05, 0) is 32.1 Å². The molecule has 0 aromatic heterocycles. The van der Waals surface area contributed by atoms with Gasteiger partial charge in [-0.1, -0.05) is 64.0 Å². The third-order valence-corrected chi connectivity index (χ3v) is 3.73. The van der Waals surface area contributed by atoms with Crippen molar-refractivity contribution in [2.24, 2.45) is 0 Å². The van der Waals surface area contributed by atoms with Crippen LogP contribution in [-0.4, -0.2) is 39.8 Å². The van der Waals surface area contributed by atoms with Gasteiger partial charge >= 0.3 is 109 Å². The van der Waals surface area contributed by atoms with Gasteiger partial charge in [0.05, 0.1) is 6.10 Å². The van der Waals surface area contributed by atoms with E-state index in [9.17, 15) is 9.90 Å². The average Bonchev–Trinajstić information content (AvgIpc) is 2.51. The molecule has 2 N–H and O–H groups in total. The predicted octanol–water partition coefficient (Wildman–Crippen LogP) is -2.25. The molecule has 0 bridgehead atoms. The molecule has 0 aromatic rings. The fraction of sp³-hybridized carbons (Fsp3) is 0.833. The van der Waals surface area contributed by atoms with Gasteiger partial charge in [0, 0.05) is 16.8 Å². The normalized spacial score (nSPS) is 11.7. The molecule has 0 rings (SSSR count). The van der Waals surface area contributed by atoms with Gasteiger partial charge in [-0.15, -0.1) is 0 Å². The number of hydrogen-bond acceptors (Lipinski definition) is 6. The molecular weight excluding hydrogens is 438 g/mol. The summed E-state index contributed by atoms with van der Waals surface area (Å²) in [6.45, 7) is 2.20. The number of aliphatic hydroxyl groups excluding tert-OH is 1. The molecule has 0 saturated carbocycles. The summed E-state index contributed by atoms with van der Waals surface area (Å²) in [6, 6.07) is 0. The standard InChI is InChI=1S/C18H34O3.2K.H2O4S/c1-2-3-4-11-14-17(19)15-12-9-7-5-6-8-10-13-16-18(20)21;;;1-5(2,3)4/h9,12,17,19H,2-8,10-11,13-16H2,1H3,(H,20,21);;;(H2,1,2,3,4)/q;2*+1;/p-2/b12-9-;;;. The molecule has 0 amide bonds. The first-order valence-corrected chi connectivity index (χ1v) is 10.7.